The van der Waals surface area contributed by atoms with Crippen LogP contribution in [0.25, 0.3) is 57.3 Å². The number of nitrogens with zero attached hydrogens (tertiary/aromatic N) is 4. The fraction of sp³-hybridized carbons (Fsp3) is 0.0213. The summed E-state index contributed by atoms with van der Waals surface area (Å²) in [6.07, 6.45) is 9.95. The molecule has 10 rings (SSSR count). The largest absolute Gasteiger partial charge is 0.457 e. The molecule has 52 heavy (non-hydrogen) atoms. The van der Waals surface area contributed by atoms with Crippen LogP contribution in [0.2, 0.25) is 0 Å². The van der Waals surface area contributed by atoms with Crippen LogP contribution in [-0.2, 0) is 5.41 Å². The molecule has 5 aromatic carbocycles. The van der Waals surface area contributed by atoms with Crippen molar-refractivity contribution in [3.63, 3.8) is 0 Å². The molecule has 5 nitrogen and oxygen atoms in total. The molecule has 0 atom stereocenters. The van der Waals surface area contributed by atoms with E-state index < -0.39 is 5.41 Å². The standard InChI is InChI=1S/C47H30N4O/c1-2-12-33(13-3-1)46-50-42(28-43(51-46)36-24-25-41(49-30-36)35-14-10-26-48-29-35)34-23-22-32-21-20-31-11-4-5-15-37(31)47(40(32)27-34)38-16-6-8-18-44(38)52-45-19-9-7-17-39(45)47/h1-30H. The molecule has 0 fully saturated rings. The van der Waals surface area contributed by atoms with Crippen LogP contribution in [0, 0.1) is 0 Å². The second kappa shape index (κ2) is 12.1. The van der Waals surface area contributed by atoms with Crippen molar-refractivity contribution < 1.29 is 4.74 Å². The van der Waals surface area contributed by atoms with Crippen LogP contribution < -0.4 is 4.74 Å². The second-order valence-electron chi connectivity index (χ2n) is 13.1. The Kier molecular flexibility index (Phi) is 6.96. The van der Waals surface area contributed by atoms with E-state index in [-0.39, 0.29) is 0 Å². The van der Waals surface area contributed by atoms with E-state index >= 15 is 0 Å². The Morgan fingerprint density at radius 2 is 1.04 bits per heavy atom. The van der Waals surface area contributed by atoms with Gasteiger partial charge in [0.15, 0.2) is 5.82 Å². The van der Waals surface area contributed by atoms with Gasteiger partial charge in [-0.1, -0.05) is 115 Å². The smallest absolute Gasteiger partial charge is 0.160 e. The minimum atomic E-state index is -0.652. The molecule has 0 unspecified atom stereocenters. The zero-order chi connectivity index (χ0) is 34.5. The first-order valence-corrected chi connectivity index (χ1v) is 17.4. The van der Waals surface area contributed by atoms with E-state index in [1.54, 1.807) is 6.20 Å². The Hall–Kier alpha value is -6.98. The molecule has 0 amide bonds. The van der Waals surface area contributed by atoms with E-state index in [1.165, 1.54) is 16.7 Å². The lowest BCUT2D eigenvalue weighted by Gasteiger charge is -2.42. The maximum absolute atomic E-state index is 6.61. The van der Waals surface area contributed by atoms with E-state index in [2.05, 4.69) is 120 Å². The third-order valence-corrected chi connectivity index (χ3v) is 10.1. The molecule has 0 saturated heterocycles. The van der Waals surface area contributed by atoms with E-state index in [0.29, 0.717) is 5.82 Å². The zero-order valence-electron chi connectivity index (χ0n) is 28.0. The molecule has 4 heterocycles. The number of benzene rings is 5. The summed E-state index contributed by atoms with van der Waals surface area (Å²) >= 11 is 0. The molecule has 0 saturated carbocycles. The van der Waals surface area contributed by atoms with Gasteiger partial charge in [0.25, 0.3) is 0 Å². The Balaban J connectivity index is 1.21. The minimum absolute atomic E-state index is 0.652. The van der Waals surface area contributed by atoms with Crippen molar-refractivity contribution in [2.45, 2.75) is 5.41 Å². The van der Waals surface area contributed by atoms with Gasteiger partial charge in [-0.2, -0.15) is 0 Å². The predicted molar refractivity (Wildman–Crippen MR) is 207 cm³/mol. The van der Waals surface area contributed by atoms with Gasteiger partial charge < -0.3 is 4.74 Å². The average molecular weight is 667 g/mol. The average Bonchev–Trinajstić information content (AvgIpc) is 3.36. The SMILES string of the molecule is C1=Cc2ccc(-c3cc(-c4ccc(-c5cccnc5)nc4)nc(-c4ccccc4)n3)cc2C2(c3ccccc31)c1ccccc1Oc1ccccc12. The molecule has 244 valence electrons. The van der Waals surface area contributed by atoms with Crippen molar-refractivity contribution in [3.05, 3.63) is 204 Å². The van der Waals surface area contributed by atoms with Gasteiger partial charge in [0.2, 0.25) is 0 Å². The number of rotatable bonds is 4. The van der Waals surface area contributed by atoms with Gasteiger partial charge in [-0.05, 0) is 70.8 Å². The normalized spacial score (nSPS) is 13.2. The molecule has 0 bridgehead atoms. The first-order valence-electron chi connectivity index (χ1n) is 17.4. The summed E-state index contributed by atoms with van der Waals surface area (Å²) in [5.74, 6) is 2.36. The molecule has 1 aliphatic heterocycles. The highest BCUT2D eigenvalue weighted by Crippen LogP contribution is 2.58. The van der Waals surface area contributed by atoms with Gasteiger partial charge in [0.05, 0.1) is 22.5 Å². The molecule has 1 spiro atoms. The van der Waals surface area contributed by atoms with Gasteiger partial charge in [0, 0.05) is 52.0 Å². The quantitative estimate of drug-likeness (QED) is 0.187. The van der Waals surface area contributed by atoms with Crippen molar-refractivity contribution >= 4 is 12.2 Å². The zero-order valence-corrected chi connectivity index (χ0v) is 28.0. The highest BCUT2D eigenvalue weighted by Gasteiger charge is 2.47. The fourth-order valence-corrected chi connectivity index (χ4v) is 7.76. The van der Waals surface area contributed by atoms with E-state index in [9.17, 15) is 0 Å². The summed E-state index contributed by atoms with van der Waals surface area (Å²) < 4.78 is 6.61. The van der Waals surface area contributed by atoms with E-state index in [0.717, 1.165) is 67.5 Å². The first-order chi connectivity index (χ1) is 25.8. The molecule has 0 radical (unpaired) electrons. The van der Waals surface area contributed by atoms with Crippen molar-refractivity contribution in [2.24, 2.45) is 0 Å². The van der Waals surface area contributed by atoms with E-state index in [4.69, 9.17) is 19.7 Å². The number of ether oxygens (including phenoxy) is 1. The van der Waals surface area contributed by atoms with Crippen LogP contribution in [0.4, 0.5) is 0 Å². The minimum Gasteiger partial charge on any atom is -0.457 e. The number of para-hydroxylation sites is 2. The Bertz CT molecular complexity index is 2610. The van der Waals surface area contributed by atoms with Crippen molar-refractivity contribution in [3.8, 4) is 56.7 Å². The number of hydrogen-bond donors (Lipinski definition) is 0. The lowest BCUT2D eigenvalue weighted by atomic mass is 9.62. The third-order valence-electron chi connectivity index (χ3n) is 10.1. The molecular weight excluding hydrogens is 637 g/mol. The van der Waals surface area contributed by atoms with Gasteiger partial charge in [-0.25, -0.2) is 9.97 Å². The lowest BCUT2D eigenvalue weighted by molar-refractivity contribution is 0.434. The van der Waals surface area contributed by atoms with Crippen LogP contribution >= 0.6 is 0 Å². The Labute approximate surface area is 301 Å². The maximum atomic E-state index is 6.61. The van der Waals surface area contributed by atoms with Crippen LogP contribution in [0.5, 0.6) is 11.5 Å². The summed E-state index contributed by atoms with van der Waals surface area (Å²) in [4.78, 5) is 19.4. The van der Waals surface area contributed by atoms with Crippen LogP contribution in [0.15, 0.2) is 170 Å². The van der Waals surface area contributed by atoms with Crippen molar-refractivity contribution in [2.75, 3.05) is 0 Å². The number of hydrogen-bond acceptors (Lipinski definition) is 5. The molecule has 8 aromatic rings. The summed E-state index contributed by atoms with van der Waals surface area (Å²) in [6, 6.07) is 52.6. The van der Waals surface area contributed by atoms with Gasteiger partial charge in [0.1, 0.15) is 11.5 Å². The highest BCUT2D eigenvalue weighted by molar-refractivity contribution is 5.85. The molecule has 0 N–H and O–H groups in total. The number of pyridine rings is 2. The summed E-state index contributed by atoms with van der Waals surface area (Å²) in [6.45, 7) is 0. The molecular formula is C47H30N4O. The molecule has 1 aliphatic carbocycles. The third kappa shape index (κ3) is 4.78. The van der Waals surface area contributed by atoms with Gasteiger partial charge in [-0.15, -0.1) is 0 Å². The van der Waals surface area contributed by atoms with Gasteiger partial charge in [-0.3, -0.25) is 9.97 Å². The monoisotopic (exact) mass is 666 g/mol. The Morgan fingerprint density at radius 3 is 1.75 bits per heavy atom. The maximum Gasteiger partial charge on any atom is 0.160 e. The summed E-state index contributed by atoms with van der Waals surface area (Å²) in [5.41, 5.74) is 12.5. The predicted octanol–water partition coefficient (Wildman–Crippen LogP) is 10.9. The van der Waals surface area contributed by atoms with Gasteiger partial charge >= 0.3 is 0 Å². The number of fused-ring (bicyclic) bond motifs is 8. The fourth-order valence-electron chi connectivity index (χ4n) is 7.76. The van der Waals surface area contributed by atoms with Crippen LogP contribution in [0.3, 0.4) is 0 Å². The summed E-state index contributed by atoms with van der Waals surface area (Å²) in [7, 11) is 0. The molecule has 2 aliphatic rings. The highest BCUT2D eigenvalue weighted by atomic mass is 16.5. The van der Waals surface area contributed by atoms with Crippen molar-refractivity contribution in [1.29, 1.82) is 0 Å². The summed E-state index contributed by atoms with van der Waals surface area (Å²) in [5, 5.41) is 0. The van der Waals surface area contributed by atoms with Crippen LogP contribution in [0.1, 0.15) is 33.4 Å². The molecule has 5 heteroatoms. The topological polar surface area (TPSA) is 60.8 Å². The van der Waals surface area contributed by atoms with Crippen LogP contribution in [-0.4, -0.2) is 19.9 Å². The second-order valence-corrected chi connectivity index (χ2v) is 13.1. The van der Waals surface area contributed by atoms with E-state index in [1.807, 2.05) is 60.9 Å². The molecule has 3 aromatic heterocycles. The Morgan fingerprint density at radius 1 is 0.423 bits per heavy atom. The first kappa shape index (κ1) is 29.9. The number of aromatic nitrogens is 4. The lowest BCUT2D eigenvalue weighted by Crippen LogP contribution is -2.35. The van der Waals surface area contributed by atoms with Crippen molar-refractivity contribution in [1.82, 2.24) is 19.9 Å².